The molecular formula is C31H63NO3. The molecule has 0 aromatic carbocycles. The molecule has 0 heterocycles. The molecule has 0 bridgehead atoms. The fourth-order valence-electron chi connectivity index (χ4n) is 4.53. The van der Waals surface area contributed by atoms with Crippen molar-refractivity contribution in [2.45, 2.75) is 168 Å². The Morgan fingerprint density at radius 2 is 0.971 bits per heavy atom. The van der Waals surface area contributed by atoms with Gasteiger partial charge in [-0.25, -0.2) is 0 Å². The van der Waals surface area contributed by atoms with Crippen molar-refractivity contribution in [3.63, 3.8) is 0 Å². The van der Waals surface area contributed by atoms with Gasteiger partial charge in [0.05, 0.1) is 19.8 Å². The monoisotopic (exact) mass is 497 g/mol. The number of ether oxygens (including phenoxy) is 2. The Labute approximate surface area is 220 Å². The van der Waals surface area contributed by atoms with Gasteiger partial charge in [-0.15, -0.1) is 0 Å². The first-order valence-corrected chi connectivity index (χ1v) is 15.6. The maximum Gasteiger partial charge on any atom is 0.127 e. The highest BCUT2D eigenvalue weighted by atomic mass is 16.6. The average Bonchev–Trinajstić information content (AvgIpc) is 2.87. The lowest BCUT2D eigenvalue weighted by atomic mass is 10.0. The van der Waals surface area contributed by atoms with Gasteiger partial charge in [0, 0.05) is 19.7 Å². The summed E-state index contributed by atoms with van der Waals surface area (Å²) in [6.45, 7) is 6.55. The van der Waals surface area contributed by atoms with Gasteiger partial charge in [-0.3, -0.25) is 0 Å². The van der Waals surface area contributed by atoms with E-state index in [1.54, 1.807) is 7.11 Å². The molecule has 4 heteroatoms. The molecule has 0 saturated carbocycles. The largest absolute Gasteiger partial charge is 0.393 e. The Hall–Kier alpha value is -0.610. The number of methoxy groups -OCH3 is 1. The molecule has 0 amide bonds. The maximum absolute atomic E-state index is 5.92. The summed E-state index contributed by atoms with van der Waals surface area (Å²) >= 11 is 0. The quantitative estimate of drug-likeness (QED) is 0.0563. The van der Waals surface area contributed by atoms with Gasteiger partial charge < -0.3 is 14.3 Å². The van der Waals surface area contributed by atoms with Gasteiger partial charge in [0.2, 0.25) is 0 Å². The zero-order valence-electron chi connectivity index (χ0n) is 24.2. The van der Waals surface area contributed by atoms with Crippen LogP contribution in [0.5, 0.6) is 0 Å². The van der Waals surface area contributed by atoms with Crippen molar-refractivity contribution in [1.82, 2.24) is 0 Å². The molecule has 0 radical (unpaired) electrons. The highest BCUT2D eigenvalue weighted by Crippen LogP contribution is 2.18. The van der Waals surface area contributed by atoms with Crippen LogP contribution >= 0.6 is 0 Å². The summed E-state index contributed by atoms with van der Waals surface area (Å²) in [5.74, 6) is 0. The number of nitrogens with zero attached hydrogens (tertiary/aromatic N) is 1. The molecule has 0 saturated heterocycles. The molecule has 0 atom stereocenters. The molecule has 210 valence electrons. The molecule has 0 rings (SSSR count). The van der Waals surface area contributed by atoms with Crippen LogP contribution < -0.4 is 0 Å². The zero-order valence-corrected chi connectivity index (χ0v) is 24.2. The third-order valence-corrected chi connectivity index (χ3v) is 6.87. The highest BCUT2D eigenvalue weighted by molar-refractivity contribution is 5.56. The third-order valence-electron chi connectivity index (χ3n) is 6.87. The van der Waals surface area contributed by atoms with E-state index in [1.807, 2.05) is 6.21 Å². The normalized spacial score (nSPS) is 11.8. The molecule has 0 unspecified atom stereocenters. The van der Waals surface area contributed by atoms with Crippen LogP contribution in [0, 0.1) is 0 Å². The predicted molar refractivity (Wildman–Crippen MR) is 154 cm³/mol. The topological polar surface area (TPSA) is 40.0 Å². The molecule has 0 N–H and O–H groups in total. The maximum atomic E-state index is 5.92. The number of rotatable bonds is 30. The van der Waals surface area contributed by atoms with Crippen molar-refractivity contribution < 1.29 is 14.3 Å². The summed E-state index contributed by atoms with van der Waals surface area (Å²) in [7, 11) is 1.70. The fourth-order valence-corrected chi connectivity index (χ4v) is 4.53. The predicted octanol–water partition coefficient (Wildman–Crippen LogP) is 10.0. The van der Waals surface area contributed by atoms with Gasteiger partial charge in [-0.1, -0.05) is 135 Å². The van der Waals surface area contributed by atoms with E-state index in [9.17, 15) is 0 Å². The Kier molecular flexibility index (Phi) is 30.9. The number of oxime groups is 1. The minimum absolute atomic E-state index is 0.281. The van der Waals surface area contributed by atoms with Crippen LogP contribution in [0.3, 0.4) is 0 Å². The molecule has 0 aliphatic rings. The van der Waals surface area contributed by atoms with Crippen molar-refractivity contribution in [1.29, 1.82) is 0 Å². The SMILES string of the molecule is CCCCCCCCCCCCC(CCCCCCCCCCCC)O/N=C\CCOCCOC. The summed E-state index contributed by atoms with van der Waals surface area (Å²) in [6.07, 6.45) is 32.9. The lowest BCUT2D eigenvalue weighted by Crippen LogP contribution is -2.10. The zero-order chi connectivity index (χ0) is 25.5. The van der Waals surface area contributed by atoms with E-state index in [4.69, 9.17) is 14.3 Å². The summed E-state index contributed by atoms with van der Waals surface area (Å²) in [4.78, 5) is 5.92. The van der Waals surface area contributed by atoms with E-state index in [-0.39, 0.29) is 6.10 Å². The van der Waals surface area contributed by atoms with Crippen molar-refractivity contribution in [3.05, 3.63) is 0 Å². The van der Waals surface area contributed by atoms with Gasteiger partial charge in [0.15, 0.2) is 0 Å². The number of hydrogen-bond acceptors (Lipinski definition) is 4. The molecule has 35 heavy (non-hydrogen) atoms. The Morgan fingerprint density at radius 3 is 1.40 bits per heavy atom. The van der Waals surface area contributed by atoms with E-state index < -0.39 is 0 Å². The van der Waals surface area contributed by atoms with E-state index in [0.29, 0.717) is 19.8 Å². The van der Waals surface area contributed by atoms with Crippen molar-refractivity contribution in [3.8, 4) is 0 Å². The highest BCUT2D eigenvalue weighted by Gasteiger charge is 2.09. The molecule has 0 fully saturated rings. The van der Waals surface area contributed by atoms with E-state index in [2.05, 4.69) is 19.0 Å². The van der Waals surface area contributed by atoms with Crippen LogP contribution in [0.1, 0.15) is 162 Å². The van der Waals surface area contributed by atoms with Crippen LogP contribution in [-0.4, -0.2) is 39.2 Å². The van der Waals surface area contributed by atoms with Gasteiger partial charge in [-0.2, -0.15) is 0 Å². The second kappa shape index (κ2) is 31.4. The van der Waals surface area contributed by atoms with Crippen LogP contribution in [-0.2, 0) is 14.3 Å². The van der Waals surface area contributed by atoms with Crippen LogP contribution in [0.2, 0.25) is 0 Å². The van der Waals surface area contributed by atoms with Crippen LogP contribution in [0.25, 0.3) is 0 Å². The van der Waals surface area contributed by atoms with E-state index in [1.165, 1.54) is 128 Å². The Bertz CT molecular complexity index is 379. The number of hydrogen-bond donors (Lipinski definition) is 0. The molecule has 0 aromatic heterocycles. The lowest BCUT2D eigenvalue weighted by molar-refractivity contribution is 0.0426. The smallest absolute Gasteiger partial charge is 0.127 e. The standard InChI is InChI=1S/C31H63NO3/c1-4-6-8-10-12-14-16-18-20-22-25-31(35-32-27-24-28-34-30-29-33-3)26-23-21-19-17-15-13-11-9-7-5-2/h27,31H,4-26,28-30H2,1-3H3/b32-27-. The first kappa shape index (κ1) is 34.4. The van der Waals surface area contributed by atoms with E-state index >= 15 is 0 Å². The Morgan fingerprint density at radius 1 is 0.543 bits per heavy atom. The summed E-state index contributed by atoms with van der Waals surface area (Å²) in [6, 6.07) is 0. The molecule has 0 spiro atoms. The first-order valence-electron chi connectivity index (χ1n) is 15.6. The third kappa shape index (κ3) is 29.5. The molecule has 0 aliphatic heterocycles. The minimum atomic E-state index is 0.281. The lowest BCUT2D eigenvalue weighted by Gasteiger charge is -2.15. The van der Waals surface area contributed by atoms with Crippen molar-refractivity contribution in [2.24, 2.45) is 5.16 Å². The van der Waals surface area contributed by atoms with Gasteiger partial charge >= 0.3 is 0 Å². The second-order valence-corrected chi connectivity index (χ2v) is 10.4. The van der Waals surface area contributed by atoms with Gasteiger partial charge in [0.1, 0.15) is 6.10 Å². The molecule has 0 aromatic rings. The van der Waals surface area contributed by atoms with Crippen molar-refractivity contribution >= 4 is 6.21 Å². The van der Waals surface area contributed by atoms with Crippen molar-refractivity contribution in [2.75, 3.05) is 26.9 Å². The summed E-state index contributed by atoms with van der Waals surface area (Å²) < 4.78 is 10.5. The molecule has 0 aliphatic carbocycles. The van der Waals surface area contributed by atoms with Gasteiger partial charge in [-0.05, 0) is 25.7 Å². The average molecular weight is 498 g/mol. The Balaban J connectivity index is 3.92. The molecule has 4 nitrogen and oxygen atoms in total. The minimum Gasteiger partial charge on any atom is -0.393 e. The van der Waals surface area contributed by atoms with Crippen LogP contribution in [0.4, 0.5) is 0 Å². The van der Waals surface area contributed by atoms with E-state index in [0.717, 1.165) is 19.3 Å². The fraction of sp³-hybridized carbons (Fsp3) is 0.968. The van der Waals surface area contributed by atoms with Gasteiger partial charge in [0.25, 0.3) is 0 Å². The number of unbranched alkanes of at least 4 members (excludes halogenated alkanes) is 18. The second-order valence-electron chi connectivity index (χ2n) is 10.4. The summed E-state index contributed by atoms with van der Waals surface area (Å²) in [5.41, 5.74) is 0. The summed E-state index contributed by atoms with van der Waals surface area (Å²) in [5, 5.41) is 4.28. The van der Waals surface area contributed by atoms with Crippen LogP contribution in [0.15, 0.2) is 5.16 Å². The first-order chi connectivity index (χ1) is 17.3. The molecular weight excluding hydrogens is 434 g/mol.